The molecule has 0 radical (unpaired) electrons. The highest BCUT2D eigenvalue weighted by Gasteiger charge is 2.53. The summed E-state index contributed by atoms with van der Waals surface area (Å²) in [5.74, 6) is 4.14. The van der Waals surface area contributed by atoms with Crippen molar-refractivity contribution in [1.29, 1.82) is 0 Å². The van der Waals surface area contributed by atoms with E-state index < -0.39 is 0 Å². The van der Waals surface area contributed by atoms with E-state index in [2.05, 4.69) is 30.4 Å². The van der Waals surface area contributed by atoms with E-state index in [1.165, 1.54) is 43.2 Å². The minimum Gasteiger partial charge on any atom is -0.310 e. The maximum Gasteiger partial charge on any atom is 0.0438 e. The van der Waals surface area contributed by atoms with E-state index in [4.69, 9.17) is 11.6 Å². The average molecular weight is 290 g/mol. The van der Waals surface area contributed by atoms with Crippen molar-refractivity contribution in [3.8, 4) is 0 Å². The Morgan fingerprint density at radius 2 is 2.00 bits per heavy atom. The van der Waals surface area contributed by atoms with Gasteiger partial charge >= 0.3 is 0 Å². The first kappa shape index (κ1) is 13.2. The largest absolute Gasteiger partial charge is 0.310 e. The summed E-state index contributed by atoms with van der Waals surface area (Å²) < 4.78 is 0. The number of rotatable bonds is 3. The monoisotopic (exact) mass is 289 g/mol. The fourth-order valence-electron chi connectivity index (χ4n) is 5.30. The molecular weight excluding hydrogens is 266 g/mol. The molecule has 4 rings (SSSR count). The molecule has 1 aromatic rings. The normalized spacial score (nSPS) is 38.4. The molecule has 2 bridgehead atoms. The van der Waals surface area contributed by atoms with Gasteiger partial charge in [-0.25, -0.2) is 0 Å². The molecule has 1 nitrogen and oxygen atoms in total. The van der Waals surface area contributed by atoms with E-state index in [9.17, 15) is 0 Å². The lowest BCUT2D eigenvalue weighted by atomic mass is 9.79. The molecule has 3 aliphatic carbocycles. The molecule has 0 spiro atoms. The number of halogens is 1. The van der Waals surface area contributed by atoms with Gasteiger partial charge in [0.25, 0.3) is 0 Å². The van der Waals surface area contributed by atoms with Crippen LogP contribution in [-0.4, -0.2) is 6.04 Å². The Labute approximate surface area is 127 Å². The van der Waals surface area contributed by atoms with Crippen LogP contribution in [0.2, 0.25) is 5.02 Å². The van der Waals surface area contributed by atoms with Gasteiger partial charge in [0.2, 0.25) is 0 Å². The smallest absolute Gasteiger partial charge is 0.0438 e. The van der Waals surface area contributed by atoms with Crippen molar-refractivity contribution in [3.63, 3.8) is 0 Å². The van der Waals surface area contributed by atoms with Gasteiger partial charge in [-0.3, -0.25) is 0 Å². The van der Waals surface area contributed by atoms with Crippen LogP contribution in [0.1, 0.15) is 43.2 Å². The summed E-state index contributed by atoms with van der Waals surface area (Å²) in [5.41, 5.74) is 2.50. The Morgan fingerprint density at radius 1 is 1.15 bits per heavy atom. The molecule has 0 aliphatic heterocycles. The molecule has 5 unspecified atom stereocenters. The summed E-state index contributed by atoms with van der Waals surface area (Å²) in [7, 11) is 0. The Hall–Kier alpha value is -0.530. The molecule has 3 saturated carbocycles. The van der Waals surface area contributed by atoms with E-state index in [0.717, 1.165) is 41.3 Å². The third-order valence-corrected chi connectivity index (χ3v) is 6.64. The van der Waals surface area contributed by atoms with Gasteiger partial charge in [0, 0.05) is 17.6 Å². The Balaban J connectivity index is 1.40. The predicted octanol–water partition coefficient (Wildman–Crippen LogP) is 4.56. The van der Waals surface area contributed by atoms with E-state index in [0.29, 0.717) is 0 Å². The van der Waals surface area contributed by atoms with Crippen LogP contribution >= 0.6 is 11.6 Å². The molecule has 108 valence electrons. The van der Waals surface area contributed by atoms with Crippen LogP contribution in [0.4, 0.5) is 0 Å². The number of nitrogens with one attached hydrogen (secondary N) is 1. The molecule has 2 heteroatoms. The number of fused-ring (bicyclic) bond motifs is 5. The second kappa shape index (κ2) is 5.03. The second-order valence-corrected chi connectivity index (χ2v) is 7.63. The lowest BCUT2D eigenvalue weighted by Crippen LogP contribution is -2.38. The summed E-state index contributed by atoms with van der Waals surface area (Å²) in [4.78, 5) is 0. The molecule has 0 amide bonds. The van der Waals surface area contributed by atoms with Crippen molar-refractivity contribution in [1.82, 2.24) is 5.32 Å². The average Bonchev–Trinajstić information content (AvgIpc) is 3.11. The summed E-state index contributed by atoms with van der Waals surface area (Å²) in [6, 6.07) is 7.22. The third kappa shape index (κ3) is 2.10. The minimum absolute atomic E-state index is 0.763. The van der Waals surface area contributed by atoms with Crippen molar-refractivity contribution in [3.05, 3.63) is 34.3 Å². The molecule has 3 fully saturated rings. The Bertz CT molecular complexity index is 512. The molecule has 0 aromatic heterocycles. The van der Waals surface area contributed by atoms with E-state index in [1.807, 2.05) is 0 Å². The maximum atomic E-state index is 6.22. The van der Waals surface area contributed by atoms with Gasteiger partial charge in [0.05, 0.1) is 0 Å². The molecule has 0 saturated heterocycles. The second-order valence-electron chi connectivity index (χ2n) is 7.22. The van der Waals surface area contributed by atoms with Crippen LogP contribution in [-0.2, 0) is 6.54 Å². The molecule has 20 heavy (non-hydrogen) atoms. The van der Waals surface area contributed by atoms with Crippen LogP contribution in [0.3, 0.4) is 0 Å². The standard InChI is InChI=1S/C18H24ClN/c1-11-5-6-12(7-17(11)19)10-20-18-9-13-8-16(18)15-4-2-3-14(13)15/h5-7,13-16,18,20H,2-4,8-10H2,1H3. The zero-order valence-electron chi connectivity index (χ0n) is 12.2. The van der Waals surface area contributed by atoms with Gasteiger partial charge in [-0.15, -0.1) is 0 Å². The van der Waals surface area contributed by atoms with Gasteiger partial charge in [0.1, 0.15) is 0 Å². The molecule has 1 N–H and O–H groups in total. The van der Waals surface area contributed by atoms with Gasteiger partial charge in [-0.2, -0.15) is 0 Å². The highest BCUT2D eigenvalue weighted by Crippen LogP contribution is 2.58. The summed E-state index contributed by atoms with van der Waals surface area (Å²) in [5, 5.41) is 4.73. The molecule has 0 heterocycles. The maximum absolute atomic E-state index is 6.22. The molecular formula is C18H24ClN. The lowest BCUT2D eigenvalue weighted by molar-refractivity contribution is 0.208. The molecule has 5 atom stereocenters. The number of hydrogen-bond acceptors (Lipinski definition) is 1. The van der Waals surface area contributed by atoms with Crippen molar-refractivity contribution >= 4 is 11.6 Å². The fourth-order valence-corrected chi connectivity index (χ4v) is 5.50. The van der Waals surface area contributed by atoms with Gasteiger partial charge < -0.3 is 5.32 Å². The van der Waals surface area contributed by atoms with Crippen LogP contribution in [0.5, 0.6) is 0 Å². The van der Waals surface area contributed by atoms with Gasteiger partial charge in [0.15, 0.2) is 0 Å². The highest BCUT2D eigenvalue weighted by molar-refractivity contribution is 6.31. The van der Waals surface area contributed by atoms with Crippen molar-refractivity contribution in [2.75, 3.05) is 0 Å². The lowest BCUT2D eigenvalue weighted by Gasteiger charge is -2.32. The topological polar surface area (TPSA) is 12.0 Å². The number of benzene rings is 1. The minimum atomic E-state index is 0.763. The first-order valence-electron chi connectivity index (χ1n) is 8.21. The summed E-state index contributed by atoms with van der Waals surface area (Å²) in [6.07, 6.45) is 7.43. The first-order chi connectivity index (χ1) is 9.72. The van der Waals surface area contributed by atoms with Gasteiger partial charge in [-0.1, -0.05) is 30.2 Å². The SMILES string of the molecule is Cc1ccc(CNC2CC3CC2C2CCCC32)cc1Cl. The molecule has 3 aliphatic rings. The Morgan fingerprint density at radius 3 is 2.85 bits per heavy atom. The zero-order chi connectivity index (χ0) is 13.7. The van der Waals surface area contributed by atoms with E-state index in [1.54, 1.807) is 0 Å². The predicted molar refractivity (Wildman–Crippen MR) is 83.9 cm³/mol. The summed E-state index contributed by atoms with van der Waals surface area (Å²) >= 11 is 6.22. The number of aryl methyl sites for hydroxylation is 1. The van der Waals surface area contributed by atoms with E-state index >= 15 is 0 Å². The zero-order valence-corrected chi connectivity index (χ0v) is 13.0. The Kier molecular flexibility index (Phi) is 3.31. The van der Waals surface area contributed by atoms with Crippen LogP contribution in [0.15, 0.2) is 18.2 Å². The van der Waals surface area contributed by atoms with E-state index in [-0.39, 0.29) is 0 Å². The van der Waals surface area contributed by atoms with Crippen LogP contribution < -0.4 is 5.32 Å². The van der Waals surface area contributed by atoms with Crippen LogP contribution in [0.25, 0.3) is 0 Å². The first-order valence-corrected chi connectivity index (χ1v) is 8.58. The van der Waals surface area contributed by atoms with Gasteiger partial charge in [-0.05, 0) is 73.5 Å². The molecule has 1 aromatic carbocycles. The quantitative estimate of drug-likeness (QED) is 0.860. The number of hydrogen-bond donors (Lipinski definition) is 1. The fraction of sp³-hybridized carbons (Fsp3) is 0.667. The van der Waals surface area contributed by atoms with Crippen molar-refractivity contribution < 1.29 is 0 Å². The highest BCUT2D eigenvalue weighted by atomic mass is 35.5. The summed E-state index contributed by atoms with van der Waals surface area (Å²) in [6.45, 7) is 3.04. The third-order valence-electron chi connectivity index (χ3n) is 6.23. The van der Waals surface area contributed by atoms with Crippen molar-refractivity contribution in [2.24, 2.45) is 23.7 Å². The van der Waals surface area contributed by atoms with Crippen LogP contribution in [0, 0.1) is 30.6 Å². The van der Waals surface area contributed by atoms with Crippen molar-refractivity contribution in [2.45, 2.75) is 51.6 Å².